The maximum Gasteiger partial charge on any atom is 0.303 e. The summed E-state index contributed by atoms with van der Waals surface area (Å²) in [5.74, 6) is 2.72. The van der Waals surface area contributed by atoms with Crippen molar-refractivity contribution in [2.24, 2.45) is 46.8 Å². The summed E-state index contributed by atoms with van der Waals surface area (Å²) in [6.07, 6.45) is 10.2. The first-order valence-electron chi connectivity index (χ1n) is 11.1. The van der Waals surface area contributed by atoms with Crippen LogP contribution >= 0.6 is 0 Å². The molecule has 0 aromatic rings. The number of rotatable bonds is 4. The SMILES string of the molecule is C=C[C@H]1CC2=CC(=O)CC[C@@H]2[C@H]2CC[C@@]3(C)[C@@H]([C@H]4C[C@H]4[C@@]3(O)CCC(=O)O)[C@@H]21. The number of carbonyl (C=O) groups is 2. The Morgan fingerprint density at radius 3 is 2.86 bits per heavy atom. The minimum Gasteiger partial charge on any atom is -0.481 e. The van der Waals surface area contributed by atoms with E-state index in [-0.39, 0.29) is 23.5 Å². The highest BCUT2D eigenvalue weighted by atomic mass is 16.4. The Labute approximate surface area is 167 Å². The van der Waals surface area contributed by atoms with Gasteiger partial charge in [0.15, 0.2) is 5.78 Å². The zero-order valence-electron chi connectivity index (χ0n) is 16.8. The summed E-state index contributed by atoms with van der Waals surface area (Å²) in [5, 5.41) is 21.0. The molecule has 0 unspecified atom stereocenters. The van der Waals surface area contributed by atoms with Gasteiger partial charge in [-0.05, 0) is 91.4 Å². The number of aliphatic carboxylic acids is 1. The second-order valence-corrected chi connectivity index (χ2v) is 10.5. The lowest BCUT2D eigenvalue weighted by Gasteiger charge is -2.59. The third-order valence-electron chi connectivity index (χ3n) is 9.57. The van der Waals surface area contributed by atoms with Gasteiger partial charge in [0.2, 0.25) is 0 Å². The van der Waals surface area contributed by atoms with Gasteiger partial charge in [-0.3, -0.25) is 9.59 Å². The molecule has 4 nitrogen and oxygen atoms in total. The molecule has 0 amide bonds. The number of carbonyl (C=O) groups excluding carboxylic acids is 1. The molecule has 4 saturated carbocycles. The minimum atomic E-state index is -0.837. The number of hydrogen-bond donors (Lipinski definition) is 2. The average Bonchev–Trinajstić information content (AvgIpc) is 3.42. The summed E-state index contributed by atoms with van der Waals surface area (Å²) < 4.78 is 0. The lowest BCUT2D eigenvalue weighted by molar-refractivity contribution is -0.156. The van der Waals surface area contributed by atoms with E-state index in [0.717, 1.165) is 32.1 Å². The Hall–Kier alpha value is -1.42. The van der Waals surface area contributed by atoms with Crippen molar-refractivity contribution in [3.05, 3.63) is 24.3 Å². The Kier molecular flexibility index (Phi) is 4.01. The van der Waals surface area contributed by atoms with Gasteiger partial charge in [-0.15, -0.1) is 6.58 Å². The molecule has 0 saturated heterocycles. The molecule has 0 aromatic heterocycles. The molecule has 5 rings (SSSR count). The molecule has 9 atom stereocenters. The molecule has 4 heteroatoms. The monoisotopic (exact) mass is 384 g/mol. The van der Waals surface area contributed by atoms with Crippen LogP contribution in [0.15, 0.2) is 24.3 Å². The standard InChI is InChI=1S/C24H32O4/c1-3-13-10-14-11-15(25)4-5-16(14)17-6-8-23(2)22(21(13)17)18-12-19(18)24(23,28)9-7-20(26)27/h3,11,13,16-19,21-22,28H,1,4-10,12H2,2H3,(H,26,27)/t13-,16-,17+,18-,19+,21+,22-,23-,24-/m0/s1. The molecule has 0 radical (unpaired) electrons. The van der Waals surface area contributed by atoms with Crippen molar-refractivity contribution in [2.45, 2.75) is 63.9 Å². The van der Waals surface area contributed by atoms with Crippen LogP contribution in [-0.2, 0) is 9.59 Å². The predicted molar refractivity (Wildman–Crippen MR) is 105 cm³/mol. The molecule has 0 spiro atoms. The lowest BCUT2D eigenvalue weighted by atomic mass is 9.46. The fourth-order valence-corrected chi connectivity index (χ4v) is 8.40. The van der Waals surface area contributed by atoms with Crippen LogP contribution in [0.1, 0.15) is 58.3 Å². The first kappa shape index (κ1) is 18.6. The van der Waals surface area contributed by atoms with E-state index in [1.165, 1.54) is 5.57 Å². The first-order chi connectivity index (χ1) is 13.3. The Balaban J connectivity index is 1.51. The molecule has 5 aliphatic rings. The van der Waals surface area contributed by atoms with Gasteiger partial charge in [0.1, 0.15) is 0 Å². The summed E-state index contributed by atoms with van der Waals surface area (Å²) in [6.45, 7) is 6.40. The molecule has 152 valence electrons. The van der Waals surface area contributed by atoms with E-state index in [2.05, 4.69) is 19.6 Å². The van der Waals surface area contributed by atoms with Crippen molar-refractivity contribution in [2.75, 3.05) is 0 Å². The third kappa shape index (κ3) is 2.33. The lowest BCUT2D eigenvalue weighted by Crippen LogP contribution is -2.56. The number of aliphatic hydroxyl groups is 1. The third-order valence-corrected chi connectivity index (χ3v) is 9.57. The average molecular weight is 385 g/mol. The number of carboxylic acids is 1. The highest BCUT2D eigenvalue weighted by Crippen LogP contribution is 2.77. The van der Waals surface area contributed by atoms with Gasteiger partial charge in [0.05, 0.1) is 5.60 Å². The van der Waals surface area contributed by atoms with Gasteiger partial charge < -0.3 is 10.2 Å². The zero-order chi connectivity index (χ0) is 19.8. The molecule has 2 N–H and O–H groups in total. The molecule has 5 aliphatic carbocycles. The van der Waals surface area contributed by atoms with Crippen molar-refractivity contribution >= 4 is 11.8 Å². The van der Waals surface area contributed by atoms with Gasteiger partial charge >= 0.3 is 5.97 Å². The largest absolute Gasteiger partial charge is 0.481 e. The zero-order valence-corrected chi connectivity index (χ0v) is 16.8. The quantitative estimate of drug-likeness (QED) is 0.719. The fourth-order valence-electron chi connectivity index (χ4n) is 8.40. The van der Waals surface area contributed by atoms with Crippen LogP contribution in [-0.4, -0.2) is 27.6 Å². The molecule has 0 aromatic carbocycles. The fraction of sp³-hybridized carbons (Fsp3) is 0.750. The topological polar surface area (TPSA) is 74.6 Å². The van der Waals surface area contributed by atoms with Crippen molar-refractivity contribution in [1.29, 1.82) is 0 Å². The van der Waals surface area contributed by atoms with Crippen molar-refractivity contribution < 1.29 is 19.8 Å². The van der Waals surface area contributed by atoms with E-state index in [1.54, 1.807) is 0 Å². The van der Waals surface area contributed by atoms with E-state index >= 15 is 0 Å². The van der Waals surface area contributed by atoms with E-state index < -0.39 is 11.6 Å². The summed E-state index contributed by atoms with van der Waals surface area (Å²) in [4.78, 5) is 23.2. The van der Waals surface area contributed by atoms with Crippen molar-refractivity contribution in [1.82, 2.24) is 0 Å². The maximum absolute atomic E-state index is 12.0. The Bertz CT molecular complexity index is 769. The molecule has 4 fully saturated rings. The minimum absolute atomic E-state index is 0.0542. The second-order valence-electron chi connectivity index (χ2n) is 10.5. The number of allylic oxidation sites excluding steroid dienone is 2. The van der Waals surface area contributed by atoms with Gasteiger partial charge in [-0.2, -0.15) is 0 Å². The van der Waals surface area contributed by atoms with Crippen LogP contribution < -0.4 is 0 Å². The number of hydrogen-bond acceptors (Lipinski definition) is 3. The molecule has 0 bridgehead atoms. The van der Waals surface area contributed by atoms with Gasteiger partial charge in [0, 0.05) is 12.8 Å². The second kappa shape index (κ2) is 6.04. The summed E-state index contributed by atoms with van der Waals surface area (Å²) in [6, 6.07) is 0. The predicted octanol–water partition coefficient (Wildman–Crippen LogP) is 3.99. The first-order valence-corrected chi connectivity index (χ1v) is 11.1. The van der Waals surface area contributed by atoms with Gasteiger partial charge in [0.25, 0.3) is 0 Å². The molecule has 0 aliphatic heterocycles. The molecular formula is C24H32O4. The smallest absolute Gasteiger partial charge is 0.303 e. The Morgan fingerprint density at radius 2 is 2.14 bits per heavy atom. The maximum atomic E-state index is 12.0. The number of carboxylic acid groups (broad SMARTS) is 1. The highest BCUT2D eigenvalue weighted by molar-refractivity contribution is 5.91. The van der Waals surface area contributed by atoms with Crippen LogP contribution in [0.3, 0.4) is 0 Å². The van der Waals surface area contributed by atoms with Crippen LogP contribution in [0, 0.1) is 46.8 Å². The van der Waals surface area contributed by atoms with Gasteiger partial charge in [-0.1, -0.05) is 18.6 Å². The number of fused-ring (bicyclic) bond motifs is 7. The molecular weight excluding hydrogens is 352 g/mol. The summed E-state index contributed by atoms with van der Waals surface area (Å²) in [5.41, 5.74) is 0.317. The summed E-state index contributed by atoms with van der Waals surface area (Å²) in [7, 11) is 0. The number of ketones is 1. The molecule has 28 heavy (non-hydrogen) atoms. The summed E-state index contributed by atoms with van der Waals surface area (Å²) >= 11 is 0. The van der Waals surface area contributed by atoms with Gasteiger partial charge in [-0.25, -0.2) is 0 Å². The highest BCUT2D eigenvalue weighted by Gasteiger charge is 2.75. The Morgan fingerprint density at radius 1 is 1.36 bits per heavy atom. The van der Waals surface area contributed by atoms with Crippen LogP contribution in [0.4, 0.5) is 0 Å². The van der Waals surface area contributed by atoms with E-state index in [4.69, 9.17) is 0 Å². The van der Waals surface area contributed by atoms with Crippen LogP contribution in [0.25, 0.3) is 0 Å². The van der Waals surface area contributed by atoms with E-state index in [0.29, 0.717) is 48.3 Å². The van der Waals surface area contributed by atoms with E-state index in [1.807, 2.05) is 6.08 Å². The van der Waals surface area contributed by atoms with E-state index in [9.17, 15) is 19.8 Å². The van der Waals surface area contributed by atoms with Crippen molar-refractivity contribution in [3.8, 4) is 0 Å². The van der Waals surface area contributed by atoms with Crippen molar-refractivity contribution in [3.63, 3.8) is 0 Å². The van der Waals surface area contributed by atoms with Crippen LogP contribution in [0.2, 0.25) is 0 Å². The molecule has 0 heterocycles. The normalized spacial score (nSPS) is 51.3. The van der Waals surface area contributed by atoms with Crippen LogP contribution in [0.5, 0.6) is 0 Å².